The molecular formula is C13H18ClN. The molecule has 0 unspecified atom stereocenters. The van der Waals surface area contributed by atoms with Crippen molar-refractivity contribution in [3.8, 4) is 0 Å². The van der Waals surface area contributed by atoms with Crippen LogP contribution in [0.3, 0.4) is 0 Å². The second kappa shape index (κ2) is 3.48. The van der Waals surface area contributed by atoms with Crippen LogP contribution in [-0.4, -0.2) is 4.98 Å². The Morgan fingerprint density at radius 1 is 1.33 bits per heavy atom. The summed E-state index contributed by atoms with van der Waals surface area (Å²) in [5.41, 5.74) is 1.98. The molecule has 0 radical (unpaired) electrons. The Labute approximate surface area is 96.9 Å². The van der Waals surface area contributed by atoms with Gasteiger partial charge in [0.1, 0.15) is 5.15 Å². The number of halogens is 1. The molecule has 0 N–H and O–H groups in total. The minimum atomic E-state index is 0.302. The molecule has 1 aliphatic rings. The number of nitrogens with zero attached hydrogens (tertiary/aromatic N) is 1. The molecule has 1 fully saturated rings. The third-order valence-electron chi connectivity index (χ3n) is 3.92. The lowest BCUT2D eigenvalue weighted by Crippen LogP contribution is -2.45. The van der Waals surface area contributed by atoms with E-state index in [9.17, 15) is 0 Å². The van der Waals surface area contributed by atoms with E-state index >= 15 is 0 Å². The predicted molar refractivity (Wildman–Crippen MR) is 64.2 cm³/mol. The summed E-state index contributed by atoms with van der Waals surface area (Å²) in [5, 5.41) is 0.614. The van der Waals surface area contributed by atoms with E-state index in [4.69, 9.17) is 11.6 Å². The molecule has 0 amide bonds. The summed E-state index contributed by atoms with van der Waals surface area (Å²) in [6.45, 7) is 6.96. The van der Waals surface area contributed by atoms with Crippen molar-refractivity contribution in [3.63, 3.8) is 0 Å². The van der Waals surface area contributed by atoms with Crippen LogP contribution in [0.4, 0.5) is 0 Å². The van der Waals surface area contributed by atoms with Gasteiger partial charge in [-0.15, -0.1) is 0 Å². The van der Waals surface area contributed by atoms with Crippen LogP contribution in [0.5, 0.6) is 0 Å². The van der Waals surface area contributed by atoms with Crippen molar-refractivity contribution in [2.45, 2.75) is 45.4 Å². The lowest BCUT2D eigenvalue weighted by Gasteiger charge is -2.52. The first-order valence-corrected chi connectivity index (χ1v) is 5.96. The highest BCUT2D eigenvalue weighted by molar-refractivity contribution is 6.29. The summed E-state index contributed by atoms with van der Waals surface area (Å²) in [6.07, 6.45) is 5.70. The molecule has 82 valence electrons. The van der Waals surface area contributed by atoms with Gasteiger partial charge in [0.15, 0.2) is 0 Å². The Hall–Kier alpha value is -0.560. The lowest BCUT2D eigenvalue weighted by atomic mass is 9.52. The van der Waals surface area contributed by atoms with Crippen molar-refractivity contribution < 1.29 is 0 Å². The normalized spacial score (nSPS) is 19.7. The number of hydrogen-bond acceptors (Lipinski definition) is 1. The van der Waals surface area contributed by atoms with Gasteiger partial charge in [0.25, 0.3) is 0 Å². The fourth-order valence-electron chi connectivity index (χ4n) is 2.70. The van der Waals surface area contributed by atoms with Gasteiger partial charge in [-0.25, -0.2) is 4.98 Å². The predicted octanol–water partition coefficient (Wildman–Crippen LogP) is 4.20. The Bertz CT molecular complexity index is 361. The number of hydrogen-bond donors (Lipinski definition) is 0. The molecule has 0 saturated heterocycles. The highest BCUT2D eigenvalue weighted by atomic mass is 35.5. The molecule has 1 nitrogen and oxygen atoms in total. The molecule has 2 heteroatoms. The Morgan fingerprint density at radius 3 is 2.40 bits per heavy atom. The maximum atomic E-state index is 5.97. The molecule has 0 aromatic carbocycles. The van der Waals surface area contributed by atoms with Gasteiger partial charge in [-0.1, -0.05) is 38.8 Å². The van der Waals surface area contributed by atoms with E-state index in [1.165, 1.54) is 24.8 Å². The summed E-state index contributed by atoms with van der Waals surface area (Å²) >= 11 is 5.97. The van der Waals surface area contributed by atoms with Crippen molar-refractivity contribution in [2.24, 2.45) is 5.41 Å². The largest absolute Gasteiger partial charge is 0.245 e. The Balaban J connectivity index is 2.43. The van der Waals surface area contributed by atoms with Crippen LogP contribution in [0.25, 0.3) is 0 Å². The zero-order valence-electron chi connectivity index (χ0n) is 9.68. The standard InChI is InChI=1S/C13H18ClN/c1-12(2,3)13(6-4-7-13)10-5-8-15-11(14)9-10/h5,8-9H,4,6-7H2,1-3H3. The maximum absolute atomic E-state index is 5.97. The summed E-state index contributed by atoms with van der Waals surface area (Å²) in [6, 6.07) is 4.16. The van der Waals surface area contributed by atoms with Crippen molar-refractivity contribution in [2.75, 3.05) is 0 Å². The van der Waals surface area contributed by atoms with Crippen molar-refractivity contribution in [1.82, 2.24) is 4.98 Å². The van der Waals surface area contributed by atoms with Crippen molar-refractivity contribution in [3.05, 3.63) is 29.0 Å². The molecule has 1 aliphatic carbocycles. The molecule has 1 aromatic rings. The molecule has 0 aliphatic heterocycles. The first-order valence-electron chi connectivity index (χ1n) is 5.58. The van der Waals surface area contributed by atoms with Crippen molar-refractivity contribution >= 4 is 11.6 Å². The van der Waals surface area contributed by atoms with Crippen LogP contribution >= 0.6 is 11.6 Å². The fourth-order valence-corrected chi connectivity index (χ4v) is 2.88. The summed E-state index contributed by atoms with van der Waals surface area (Å²) < 4.78 is 0. The van der Waals surface area contributed by atoms with Gasteiger partial charge in [-0.3, -0.25) is 0 Å². The molecule has 0 atom stereocenters. The zero-order valence-corrected chi connectivity index (χ0v) is 10.4. The molecular weight excluding hydrogens is 206 g/mol. The third kappa shape index (κ3) is 1.67. The monoisotopic (exact) mass is 223 g/mol. The van der Waals surface area contributed by atoms with E-state index < -0.39 is 0 Å². The van der Waals surface area contributed by atoms with Gasteiger partial charge in [-0.2, -0.15) is 0 Å². The second-order valence-corrected chi connectivity index (χ2v) is 5.94. The van der Waals surface area contributed by atoms with Crippen LogP contribution in [0, 0.1) is 5.41 Å². The van der Waals surface area contributed by atoms with Crippen LogP contribution in [0.2, 0.25) is 5.15 Å². The molecule has 1 aromatic heterocycles. The van der Waals surface area contributed by atoms with Crippen molar-refractivity contribution in [1.29, 1.82) is 0 Å². The topological polar surface area (TPSA) is 12.9 Å². The number of rotatable bonds is 1. The third-order valence-corrected chi connectivity index (χ3v) is 4.13. The van der Waals surface area contributed by atoms with E-state index in [1.54, 1.807) is 0 Å². The first kappa shape index (κ1) is 10.9. The molecule has 2 rings (SSSR count). The van der Waals surface area contributed by atoms with Gasteiger partial charge in [0.2, 0.25) is 0 Å². The first-order chi connectivity index (χ1) is 6.96. The van der Waals surface area contributed by atoms with Crippen LogP contribution in [-0.2, 0) is 5.41 Å². The highest BCUT2D eigenvalue weighted by Gasteiger charge is 2.47. The highest BCUT2D eigenvalue weighted by Crippen LogP contribution is 2.55. The van der Waals surface area contributed by atoms with Gasteiger partial charge >= 0.3 is 0 Å². The molecule has 1 heterocycles. The van der Waals surface area contributed by atoms with Crippen LogP contribution < -0.4 is 0 Å². The van der Waals surface area contributed by atoms with E-state index in [-0.39, 0.29) is 0 Å². The van der Waals surface area contributed by atoms with Gasteiger partial charge in [-0.05, 0) is 36.0 Å². The zero-order chi connectivity index (χ0) is 11.1. The van der Waals surface area contributed by atoms with Gasteiger partial charge in [0, 0.05) is 11.6 Å². The minimum Gasteiger partial charge on any atom is -0.245 e. The minimum absolute atomic E-state index is 0.302. The SMILES string of the molecule is CC(C)(C)C1(c2ccnc(Cl)c2)CCC1. The quantitative estimate of drug-likeness (QED) is 0.651. The fraction of sp³-hybridized carbons (Fsp3) is 0.615. The average molecular weight is 224 g/mol. The number of aromatic nitrogens is 1. The van der Waals surface area contributed by atoms with E-state index in [1.807, 2.05) is 12.3 Å². The van der Waals surface area contributed by atoms with Gasteiger partial charge < -0.3 is 0 Å². The average Bonchev–Trinajstić information content (AvgIpc) is 1.98. The van der Waals surface area contributed by atoms with E-state index in [2.05, 4.69) is 31.8 Å². The van der Waals surface area contributed by atoms with E-state index in [0.29, 0.717) is 16.0 Å². The smallest absolute Gasteiger partial charge is 0.129 e. The van der Waals surface area contributed by atoms with Gasteiger partial charge in [0.05, 0.1) is 0 Å². The Kier molecular flexibility index (Phi) is 2.54. The van der Waals surface area contributed by atoms with Crippen LogP contribution in [0.1, 0.15) is 45.6 Å². The lowest BCUT2D eigenvalue weighted by molar-refractivity contribution is 0.0851. The molecule has 0 bridgehead atoms. The summed E-state index contributed by atoms with van der Waals surface area (Å²) in [4.78, 5) is 4.06. The van der Waals surface area contributed by atoms with E-state index in [0.717, 1.165) is 0 Å². The molecule has 0 spiro atoms. The second-order valence-electron chi connectivity index (χ2n) is 5.55. The summed E-state index contributed by atoms with van der Waals surface area (Å²) in [7, 11) is 0. The van der Waals surface area contributed by atoms with Crippen LogP contribution in [0.15, 0.2) is 18.3 Å². The molecule has 15 heavy (non-hydrogen) atoms. The maximum Gasteiger partial charge on any atom is 0.129 e. The summed E-state index contributed by atoms with van der Waals surface area (Å²) in [5.74, 6) is 0. The number of pyridine rings is 1. The molecule has 1 saturated carbocycles. The Morgan fingerprint density at radius 2 is 2.00 bits per heavy atom.